The van der Waals surface area contributed by atoms with Gasteiger partial charge in [0.05, 0.1) is 6.04 Å². The van der Waals surface area contributed by atoms with E-state index in [1.54, 1.807) is 19.2 Å². The number of aliphatic imine (C=N–C) groups is 1. The highest BCUT2D eigenvalue weighted by Gasteiger charge is 2.26. The molecule has 26 heavy (non-hydrogen) atoms. The van der Waals surface area contributed by atoms with Crippen LogP contribution < -0.4 is 10.6 Å². The second-order valence-electron chi connectivity index (χ2n) is 6.64. The number of nitrogens with one attached hydrogen (secondary N) is 2. The van der Waals surface area contributed by atoms with Crippen molar-refractivity contribution in [2.75, 3.05) is 26.7 Å². The minimum atomic E-state index is -0.224. The average Bonchev–Trinajstić information content (AvgIpc) is 3.32. The second kappa shape index (κ2) is 8.85. The first kappa shape index (κ1) is 18.5. The Hall–Kier alpha value is -2.34. The number of benzene rings is 1. The Kier molecular flexibility index (Phi) is 6.28. The van der Waals surface area contributed by atoms with Crippen molar-refractivity contribution in [1.29, 1.82) is 0 Å². The van der Waals surface area contributed by atoms with Gasteiger partial charge in [-0.15, -0.1) is 0 Å². The van der Waals surface area contributed by atoms with Crippen molar-refractivity contribution in [2.45, 2.75) is 32.4 Å². The summed E-state index contributed by atoms with van der Waals surface area (Å²) < 4.78 is 18.9. The van der Waals surface area contributed by atoms with Gasteiger partial charge in [-0.05, 0) is 62.7 Å². The van der Waals surface area contributed by atoms with Gasteiger partial charge in [0.15, 0.2) is 5.96 Å². The molecular weight excluding hydrogens is 331 g/mol. The minimum Gasteiger partial charge on any atom is -0.465 e. The zero-order chi connectivity index (χ0) is 18.4. The summed E-state index contributed by atoms with van der Waals surface area (Å²) >= 11 is 0. The SMILES string of the molecule is CN=C(NCc1ccc(F)cc1)NCC(c1ccc(C)o1)N1CCCC1. The van der Waals surface area contributed by atoms with Gasteiger partial charge in [-0.25, -0.2) is 4.39 Å². The Morgan fingerprint density at radius 1 is 1.15 bits per heavy atom. The lowest BCUT2D eigenvalue weighted by Gasteiger charge is -2.26. The molecule has 3 rings (SSSR count). The predicted molar refractivity (Wildman–Crippen MR) is 102 cm³/mol. The standard InChI is InChI=1S/C20H27FN4O/c1-15-5-10-19(26-15)18(25-11-3-4-12-25)14-24-20(22-2)23-13-16-6-8-17(21)9-7-16/h5-10,18H,3-4,11-14H2,1-2H3,(H2,22,23,24). The Balaban J connectivity index is 1.58. The number of furan rings is 1. The highest BCUT2D eigenvalue weighted by atomic mass is 19.1. The first-order chi connectivity index (χ1) is 12.7. The van der Waals surface area contributed by atoms with Crippen molar-refractivity contribution in [3.63, 3.8) is 0 Å². The van der Waals surface area contributed by atoms with E-state index >= 15 is 0 Å². The molecular formula is C20H27FN4O. The lowest BCUT2D eigenvalue weighted by molar-refractivity contribution is 0.213. The largest absolute Gasteiger partial charge is 0.465 e. The lowest BCUT2D eigenvalue weighted by Crippen LogP contribution is -2.42. The van der Waals surface area contributed by atoms with Crippen molar-refractivity contribution in [3.8, 4) is 0 Å². The van der Waals surface area contributed by atoms with Gasteiger partial charge in [-0.1, -0.05) is 12.1 Å². The van der Waals surface area contributed by atoms with Gasteiger partial charge >= 0.3 is 0 Å². The normalized spacial score (nSPS) is 16.7. The summed E-state index contributed by atoms with van der Waals surface area (Å²) in [5, 5.41) is 6.67. The van der Waals surface area contributed by atoms with Crippen molar-refractivity contribution in [3.05, 3.63) is 59.3 Å². The molecule has 1 aliphatic heterocycles. The number of guanidine groups is 1. The van der Waals surface area contributed by atoms with Crippen LogP contribution in [0.2, 0.25) is 0 Å². The molecule has 1 atom stereocenters. The van der Waals surface area contributed by atoms with Crippen LogP contribution in [0.3, 0.4) is 0 Å². The highest BCUT2D eigenvalue weighted by Crippen LogP contribution is 2.26. The quantitative estimate of drug-likeness (QED) is 0.615. The first-order valence-electron chi connectivity index (χ1n) is 9.15. The fourth-order valence-corrected chi connectivity index (χ4v) is 3.30. The maximum Gasteiger partial charge on any atom is 0.191 e. The Bertz CT molecular complexity index is 720. The molecule has 140 valence electrons. The highest BCUT2D eigenvalue weighted by molar-refractivity contribution is 5.79. The second-order valence-corrected chi connectivity index (χ2v) is 6.64. The summed E-state index contributed by atoms with van der Waals surface area (Å²) in [6, 6.07) is 10.7. The Labute approximate surface area is 154 Å². The molecule has 0 amide bonds. The fraction of sp³-hybridized carbons (Fsp3) is 0.450. The van der Waals surface area contributed by atoms with Crippen LogP contribution >= 0.6 is 0 Å². The van der Waals surface area contributed by atoms with Gasteiger partial charge in [0, 0.05) is 20.1 Å². The van der Waals surface area contributed by atoms with Crippen LogP contribution in [0.1, 0.15) is 36.0 Å². The molecule has 0 bridgehead atoms. The third-order valence-corrected chi connectivity index (χ3v) is 4.73. The number of halogens is 1. The molecule has 2 aromatic rings. The van der Waals surface area contributed by atoms with E-state index in [0.717, 1.165) is 42.7 Å². The number of likely N-dealkylation sites (tertiary alicyclic amines) is 1. The van der Waals surface area contributed by atoms with Crippen LogP contribution in [0.25, 0.3) is 0 Å². The number of aryl methyl sites for hydroxylation is 1. The third-order valence-electron chi connectivity index (χ3n) is 4.73. The zero-order valence-corrected chi connectivity index (χ0v) is 15.5. The van der Waals surface area contributed by atoms with Crippen molar-refractivity contribution >= 4 is 5.96 Å². The molecule has 1 unspecified atom stereocenters. The zero-order valence-electron chi connectivity index (χ0n) is 15.5. The molecule has 6 heteroatoms. The Morgan fingerprint density at radius 2 is 1.88 bits per heavy atom. The van der Waals surface area contributed by atoms with Crippen molar-refractivity contribution in [2.24, 2.45) is 4.99 Å². The summed E-state index contributed by atoms with van der Waals surface area (Å²) in [6.07, 6.45) is 2.46. The fourth-order valence-electron chi connectivity index (χ4n) is 3.30. The van der Waals surface area contributed by atoms with E-state index < -0.39 is 0 Å². The molecule has 1 aromatic carbocycles. The van der Waals surface area contributed by atoms with Gasteiger partial charge in [-0.3, -0.25) is 9.89 Å². The average molecular weight is 358 g/mol. The number of nitrogens with zero attached hydrogens (tertiary/aromatic N) is 2. The van der Waals surface area contributed by atoms with E-state index in [0.29, 0.717) is 6.54 Å². The summed E-state index contributed by atoms with van der Waals surface area (Å²) in [7, 11) is 1.75. The van der Waals surface area contributed by atoms with Crippen LogP contribution in [-0.2, 0) is 6.54 Å². The molecule has 5 nitrogen and oxygen atoms in total. The molecule has 0 spiro atoms. The van der Waals surface area contributed by atoms with Crippen molar-refractivity contribution < 1.29 is 8.81 Å². The number of rotatable bonds is 6. The van der Waals surface area contributed by atoms with E-state index in [9.17, 15) is 4.39 Å². The molecule has 0 aliphatic carbocycles. The smallest absolute Gasteiger partial charge is 0.191 e. The Morgan fingerprint density at radius 3 is 2.50 bits per heavy atom. The molecule has 0 saturated carbocycles. The third kappa shape index (κ3) is 4.85. The van der Waals surface area contributed by atoms with Gasteiger partial charge < -0.3 is 15.1 Å². The van der Waals surface area contributed by atoms with Crippen LogP contribution in [0, 0.1) is 12.7 Å². The summed E-state index contributed by atoms with van der Waals surface area (Å²) in [6.45, 7) is 5.47. The molecule has 2 N–H and O–H groups in total. The molecule has 1 aromatic heterocycles. The van der Waals surface area contributed by atoms with Gasteiger partial charge in [0.25, 0.3) is 0 Å². The molecule has 2 heterocycles. The maximum absolute atomic E-state index is 13.0. The van der Waals surface area contributed by atoms with Gasteiger partial charge in [0.2, 0.25) is 0 Å². The summed E-state index contributed by atoms with van der Waals surface area (Å²) in [5.41, 5.74) is 1.01. The number of hydrogen-bond donors (Lipinski definition) is 2. The molecule has 1 aliphatic rings. The van der Waals surface area contributed by atoms with Gasteiger partial charge in [-0.2, -0.15) is 0 Å². The molecule has 1 saturated heterocycles. The topological polar surface area (TPSA) is 52.8 Å². The molecule has 1 fully saturated rings. The van der Waals surface area contributed by atoms with Crippen LogP contribution in [0.4, 0.5) is 4.39 Å². The predicted octanol–water partition coefficient (Wildman–Crippen LogP) is 3.23. The monoisotopic (exact) mass is 358 g/mol. The summed E-state index contributed by atoms with van der Waals surface area (Å²) in [4.78, 5) is 6.75. The van der Waals surface area contributed by atoms with E-state index in [-0.39, 0.29) is 11.9 Å². The van der Waals surface area contributed by atoms with Crippen LogP contribution in [-0.4, -0.2) is 37.5 Å². The maximum atomic E-state index is 13.0. The number of hydrogen-bond acceptors (Lipinski definition) is 3. The van der Waals surface area contributed by atoms with Crippen molar-refractivity contribution in [1.82, 2.24) is 15.5 Å². The minimum absolute atomic E-state index is 0.190. The van der Waals surface area contributed by atoms with Gasteiger partial charge in [0.1, 0.15) is 17.3 Å². The summed E-state index contributed by atoms with van der Waals surface area (Å²) in [5.74, 6) is 2.43. The lowest BCUT2D eigenvalue weighted by atomic mass is 10.2. The van der Waals surface area contributed by atoms with E-state index in [1.165, 1.54) is 25.0 Å². The van der Waals surface area contributed by atoms with E-state index in [4.69, 9.17) is 4.42 Å². The van der Waals surface area contributed by atoms with Crippen LogP contribution in [0.15, 0.2) is 45.8 Å². The first-order valence-corrected chi connectivity index (χ1v) is 9.15. The van der Waals surface area contributed by atoms with E-state index in [2.05, 4.69) is 26.6 Å². The molecule has 0 radical (unpaired) electrons. The van der Waals surface area contributed by atoms with E-state index in [1.807, 2.05) is 13.0 Å². The van der Waals surface area contributed by atoms with Crippen LogP contribution in [0.5, 0.6) is 0 Å².